The monoisotopic (exact) mass is 360 g/mol. The molecule has 2 N–H and O–H groups in total. The number of aromatic nitrogens is 1. The Kier molecular flexibility index (Phi) is 6.52. The second kappa shape index (κ2) is 8.62. The predicted octanol–water partition coefficient (Wildman–Crippen LogP) is 2.58. The highest BCUT2D eigenvalue weighted by Gasteiger charge is 2.29. The van der Waals surface area contributed by atoms with E-state index in [0.717, 1.165) is 11.1 Å². The summed E-state index contributed by atoms with van der Waals surface area (Å²) in [5.74, 6) is -0.168. The first-order valence-corrected chi connectivity index (χ1v) is 8.35. The fourth-order valence-corrected chi connectivity index (χ4v) is 2.68. The molecular formula is C19H24N2O5. The van der Waals surface area contributed by atoms with Gasteiger partial charge in [-0.05, 0) is 13.8 Å². The summed E-state index contributed by atoms with van der Waals surface area (Å²) in [5, 5.41) is 11.7. The Hall–Kier alpha value is -2.67. The van der Waals surface area contributed by atoms with Crippen LogP contribution in [0.1, 0.15) is 31.2 Å². The number of nitrogens with one attached hydrogen (secondary N) is 1. The van der Waals surface area contributed by atoms with Crippen molar-refractivity contribution in [3.05, 3.63) is 41.9 Å². The average molecular weight is 360 g/mol. The predicted molar refractivity (Wildman–Crippen MR) is 95.7 cm³/mol. The minimum atomic E-state index is -1.000. The normalized spacial score (nSPS) is 13.2. The van der Waals surface area contributed by atoms with Crippen LogP contribution in [0.25, 0.3) is 11.3 Å². The van der Waals surface area contributed by atoms with Crippen LogP contribution >= 0.6 is 0 Å². The highest BCUT2D eigenvalue weighted by Crippen LogP contribution is 2.21. The number of carboxylic acids is 1. The first-order valence-electron chi connectivity index (χ1n) is 8.35. The van der Waals surface area contributed by atoms with E-state index in [2.05, 4.69) is 10.3 Å². The molecule has 2 rings (SSSR count). The maximum absolute atomic E-state index is 12.2. The van der Waals surface area contributed by atoms with E-state index in [1.807, 2.05) is 31.2 Å². The number of methoxy groups -OCH3 is 1. The molecule has 26 heavy (non-hydrogen) atoms. The van der Waals surface area contributed by atoms with E-state index < -0.39 is 11.5 Å². The number of oxazole rings is 1. The van der Waals surface area contributed by atoms with E-state index in [-0.39, 0.29) is 25.4 Å². The van der Waals surface area contributed by atoms with Crippen LogP contribution in [0.4, 0.5) is 0 Å². The first-order chi connectivity index (χ1) is 12.3. The van der Waals surface area contributed by atoms with Gasteiger partial charge in [-0.2, -0.15) is 0 Å². The van der Waals surface area contributed by atoms with Gasteiger partial charge in [0.15, 0.2) is 11.7 Å². The highest BCUT2D eigenvalue weighted by atomic mass is 16.5. The number of carbonyl (C=O) groups excluding carboxylic acids is 1. The third kappa shape index (κ3) is 5.70. The molecule has 1 heterocycles. The fraction of sp³-hybridized carbons (Fsp3) is 0.421. The zero-order chi connectivity index (χ0) is 19.2. The molecule has 0 aliphatic carbocycles. The summed E-state index contributed by atoms with van der Waals surface area (Å²) in [7, 11) is 1.46. The Bertz CT molecular complexity index is 754. The number of amides is 1. The molecule has 1 amide bonds. The summed E-state index contributed by atoms with van der Waals surface area (Å²) in [4.78, 5) is 27.4. The lowest BCUT2D eigenvalue weighted by molar-refractivity contribution is -0.139. The summed E-state index contributed by atoms with van der Waals surface area (Å²) in [6.45, 7) is 3.76. The van der Waals surface area contributed by atoms with Gasteiger partial charge in [-0.3, -0.25) is 9.59 Å². The molecule has 2 aromatic rings. The second-order valence-electron chi connectivity index (χ2n) is 6.60. The third-order valence-corrected chi connectivity index (χ3v) is 3.90. The van der Waals surface area contributed by atoms with E-state index in [4.69, 9.17) is 14.3 Å². The fourth-order valence-electron chi connectivity index (χ4n) is 2.68. The van der Waals surface area contributed by atoms with Gasteiger partial charge in [0.2, 0.25) is 5.91 Å². The second-order valence-corrected chi connectivity index (χ2v) is 6.60. The molecular weight excluding hydrogens is 336 g/mol. The maximum Gasteiger partial charge on any atom is 0.305 e. The van der Waals surface area contributed by atoms with Crippen LogP contribution in [0, 0.1) is 6.92 Å². The lowest BCUT2D eigenvalue weighted by Gasteiger charge is -2.28. The van der Waals surface area contributed by atoms with Gasteiger partial charge < -0.3 is 19.6 Å². The maximum atomic E-state index is 12.2. The molecule has 7 heteroatoms. The molecule has 0 radical (unpaired) electrons. The number of ether oxygens (including phenoxy) is 1. The van der Waals surface area contributed by atoms with Crippen LogP contribution in [0.15, 0.2) is 34.9 Å². The molecule has 1 aromatic heterocycles. The molecule has 0 spiro atoms. The molecule has 0 saturated heterocycles. The quantitative estimate of drug-likeness (QED) is 0.713. The molecule has 7 nitrogen and oxygen atoms in total. The van der Waals surface area contributed by atoms with Crippen LogP contribution in [0.3, 0.4) is 0 Å². The molecule has 0 fully saturated rings. The van der Waals surface area contributed by atoms with Gasteiger partial charge in [-0.25, -0.2) is 4.98 Å². The Labute approximate surface area is 152 Å². The molecule has 0 aliphatic heterocycles. The van der Waals surface area contributed by atoms with Crippen LogP contribution in [0.5, 0.6) is 0 Å². The Morgan fingerprint density at radius 3 is 2.62 bits per heavy atom. The Morgan fingerprint density at radius 1 is 1.31 bits per heavy atom. The summed E-state index contributed by atoms with van der Waals surface area (Å²) in [6, 6.07) is 7.89. The van der Waals surface area contributed by atoms with E-state index in [1.54, 1.807) is 13.1 Å². The van der Waals surface area contributed by atoms with E-state index in [1.165, 1.54) is 7.11 Å². The van der Waals surface area contributed by atoms with Crippen LogP contribution in [-0.2, 0) is 20.7 Å². The number of aliphatic carboxylic acids is 1. The molecule has 0 saturated carbocycles. The average Bonchev–Trinajstić information content (AvgIpc) is 3.01. The molecule has 140 valence electrons. The van der Waals surface area contributed by atoms with Crippen molar-refractivity contribution in [2.24, 2.45) is 0 Å². The topological polar surface area (TPSA) is 102 Å². The van der Waals surface area contributed by atoms with Crippen molar-refractivity contribution in [3.63, 3.8) is 0 Å². The molecule has 1 unspecified atom stereocenters. The van der Waals surface area contributed by atoms with Gasteiger partial charge in [0.1, 0.15) is 0 Å². The lowest BCUT2D eigenvalue weighted by atomic mass is 9.98. The van der Waals surface area contributed by atoms with E-state index in [0.29, 0.717) is 18.1 Å². The van der Waals surface area contributed by atoms with Gasteiger partial charge in [0.25, 0.3) is 0 Å². The van der Waals surface area contributed by atoms with Crippen LogP contribution < -0.4 is 5.32 Å². The van der Waals surface area contributed by atoms with Crippen molar-refractivity contribution in [2.75, 3.05) is 13.7 Å². The molecule has 1 aromatic carbocycles. The minimum absolute atomic E-state index is 0.113. The van der Waals surface area contributed by atoms with Crippen molar-refractivity contribution < 1.29 is 23.8 Å². The number of hydrogen-bond donors (Lipinski definition) is 2. The zero-order valence-electron chi connectivity index (χ0n) is 15.2. The highest BCUT2D eigenvalue weighted by molar-refractivity contribution is 5.78. The summed E-state index contributed by atoms with van der Waals surface area (Å²) >= 11 is 0. The number of carbonyl (C=O) groups is 2. The van der Waals surface area contributed by atoms with Crippen molar-refractivity contribution >= 4 is 11.9 Å². The minimum Gasteiger partial charge on any atom is -0.481 e. The summed E-state index contributed by atoms with van der Waals surface area (Å²) in [5.41, 5.74) is 1.12. The van der Waals surface area contributed by atoms with Crippen LogP contribution in [-0.4, -0.2) is 41.2 Å². The number of aryl methyl sites for hydroxylation is 2. The largest absolute Gasteiger partial charge is 0.481 e. The Morgan fingerprint density at radius 2 is 2.00 bits per heavy atom. The third-order valence-electron chi connectivity index (χ3n) is 3.90. The van der Waals surface area contributed by atoms with E-state index in [9.17, 15) is 9.59 Å². The number of hydrogen-bond acceptors (Lipinski definition) is 5. The number of carboxylic acid groups (broad SMARTS) is 1. The van der Waals surface area contributed by atoms with Gasteiger partial charge in [0.05, 0.1) is 24.8 Å². The summed E-state index contributed by atoms with van der Waals surface area (Å²) < 4.78 is 10.7. The van der Waals surface area contributed by atoms with Crippen LogP contribution in [0.2, 0.25) is 0 Å². The van der Waals surface area contributed by atoms with E-state index >= 15 is 0 Å². The number of benzene rings is 1. The van der Waals surface area contributed by atoms with Crippen molar-refractivity contribution in [3.8, 4) is 11.3 Å². The lowest BCUT2D eigenvalue weighted by Crippen LogP contribution is -2.50. The number of rotatable bonds is 9. The van der Waals surface area contributed by atoms with Gasteiger partial charge in [0, 0.05) is 25.5 Å². The first kappa shape index (κ1) is 19.7. The standard InChI is InChI=1S/C19H24N2O5/c1-13-4-6-14(7-5-13)15-11-20-17(26-15)9-8-16(22)21-19(2,12-25-3)10-18(23)24/h4-7,11H,8-10,12H2,1-3H3,(H,21,22)(H,23,24). The summed E-state index contributed by atoms with van der Waals surface area (Å²) in [6.07, 6.45) is 1.89. The van der Waals surface area contributed by atoms with Gasteiger partial charge in [-0.15, -0.1) is 0 Å². The molecule has 0 aliphatic rings. The van der Waals surface area contributed by atoms with Crippen molar-refractivity contribution in [2.45, 2.75) is 38.6 Å². The SMILES string of the molecule is COCC(C)(CC(=O)O)NC(=O)CCc1ncc(-c2ccc(C)cc2)o1. The smallest absolute Gasteiger partial charge is 0.305 e. The van der Waals surface area contributed by atoms with Crippen molar-refractivity contribution in [1.82, 2.24) is 10.3 Å². The molecule has 1 atom stereocenters. The number of nitrogens with zero attached hydrogens (tertiary/aromatic N) is 1. The zero-order valence-corrected chi connectivity index (χ0v) is 15.2. The van der Waals surface area contributed by atoms with Gasteiger partial charge >= 0.3 is 5.97 Å². The Balaban J connectivity index is 1.92. The van der Waals surface area contributed by atoms with Gasteiger partial charge in [-0.1, -0.05) is 29.8 Å². The molecule has 0 bridgehead atoms. The van der Waals surface area contributed by atoms with Crippen molar-refractivity contribution in [1.29, 1.82) is 0 Å².